The van der Waals surface area contributed by atoms with Crippen LogP contribution in [0.15, 0.2) is 0 Å². The monoisotopic (exact) mass is 342 g/mol. The van der Waals surface area contributed by atoms with E-state index in [1.165, 1.54) is 0 Å². The summed E-state index contributed by atoms with van der Waals surface area (Å²) < 4.78 is 5.43. The second kappa shape index (κ2) is 9.40. The maximum Gasteiger partial charge on any atom is 0.249 e. The largest absolute Gasteiger partial charge is 0.369 e. The van der Waals surface area contributed by atoms with E-state index in [1.807, 2.05) is 27.8 Å². The van der Waals surface area contributed by atoms with Gasteiger partial charge in [-0.2, -0.15) is 0 Å². The first kappa shape index (κ1) is 22.9. The first-order valence-electron chi connectivity index (χ1n) is 9.00. The summed E-state index contributed by atoms with van der Waals surface area (Å²) in [5.74, 6) is 0.0161. The molecular weight excluding hydrogens is 304 g/mol. The fraction of sp³-hybridized carbons (Fsp3) is 0.895. The number of nitrogens with zero attached hydrogens (tertiary/aromatic N) is 1. The number of amides is 2. The van der Waals surface area contributed by atoms with E-state index in [0.717, 1.165) is 0 Å². The molecule has 0 aromatic rings. The molecule has 0 bridgehead atoms. The number of nitrogens with one attached hydrogen (secondary N) is 1. The second-order valence-corrected chi connectivity index (χ2v) is 8.52. The lowest BCUT2D eigenvalue weighted by Gasteiger charge is -2.35. The number of hydrogen-bond acceptors (Lipinski definition) is 3. The van der Waals surface area contributed by atoms with Crippen molar-refractivity contribution in [3.63, 3.8) is 0 Å². The van der Waals surface area contributed by atoms with Crippen LogP contribution in [0.2, 0.25) is 0 Å². The quantitative estimate of drug-likeness (QED) is 0.700. The standard InChI is InChI=1S/C19H38N2O3/c1-10-15(24-11-2)16(22)20-12-19(7,8)13-21(9)17(23)14(3)18(4,5)6/h14-15H,10-13H2,1-9H3,(H,20,22). The highest BCUT2D eigenvalue weighted by molar-refractivity contribution is 5.81. The van der Waals surface area contributed by atoms with Gasteiger partial charge < -0.3 is 15.0 Å². The first-order chi connectivity index (χ1) is 10.9. The van der Waals surface area contributed by atoms with E-state index in [-0.39, 0.29) is 28.6 Å². The minimum Gasteiger partial charge on any atom is -0.369 e. The molecule has 0 heterocycles. The average molecular weight is 343 g/mol. The third-order valence-electron chi connectivity index (χ3n) is 4.48. The zero-order chi connectivity index (χ0) is 19.1. The number of hydrogen-bond donors (Lipinski definition) is 1. The molecular formula is C19H38N2O3. The van der Waals surface area contributed by atoms with Gasteiger partial charge in [0.1, 0.15) is 6.10 Å². The molecule has 0 saturated heterocycles. The number of carbonyl (C=O) groups excluding carboxylic acids is 2. The lowest BCUT2D eigenvalue weighted by atomic mass is 9.81. The van der Waals surface area contributed by atoms with Gasteiger partial charge in [0, 0.05) is 32.7 Å². The summed E-state index contributed by atoms with van der Waals surface area (Å²) in [6, 6.07) is 0. The maximum absolute atomic E-state index is 12.6. The van der Waals surface area contributed by atoms with Crippen molar-refractivity contribution in [1.29, 1.82) is 0 Å². The van der Waals surface area contributed by atoms with Gasteiger partial charge in [-0.25, -0.2) is 0 Å². The van der Waals surface area contributed by atoms with Gasteiger partial charge in [0.05, 0.1) is 0 Å². The minimum absolute atomic E-state index is 0.0460. The van der Waals surface area contributed by atoms with Crippen LogP contribution in [0.5, 0.6) is 0 Å². The van der Waals surface area contributed by atoms with Crippen molar-refractivity contribution >= 4 is 11.8 Å². The lowest BCUT2D eigenvalue weighted by molar-refractivity contribution is -0.138. The average Bonchev–Trinajstić information content (AvgIpc) is 2.47. The smallest absolute Gasteiger partial charge is 0.249 e. The highest BCUT2D eigenvalue weighted by atomic mass is 16.5. The van der Waals surface area contributed by atoms with E-state index < -0.39 is 6.10 Å². The summed E-state index contributed by atoms with van der Waals surface area (Å²) in [6.07, 6.45) is 0.257. The van der Waals surface area contributed by atoms with Gasteiger partial charge in [-0.1, -0.05) is 48.5 Å². The Morgan fingerprint density at radius 2 is 1.67 bits per heavy atom. The molecule has 2 unspecified atom stereocenters. The number of ether oxygens (including phenoxy) is 1. The van der Waals surface area contributed by atoms with Gasteiger partial charge in [-0.15, -0.1) is 0 Å². The van der Waals surface area contributed by atoms with Crippen LogP contribution in [-0.4, -0.2) is 49.6 Å². The molecule has 0 aliphatic carbocycles. The summed E-state index contributed by atoms with van der Waals surface area (Å²) >= 11 is 0. The number of carbonyl (C=O) groups is 2. The Balaban J connectivity index is 4.63. The van der Waals surface area contributed by atoms with Crippen LogP contribution >= 0.6 is 0 Å². The molecule has 0 fully saturated rings. The molecule has 24 heavy (non-hydrogen) atoms. The Labute approximate surface area is 148 Å². The predicted molar refractivity (Wildman–Crippen MR) is 98.8 cm³/mol. The van der Waals surface area contributed by atoms with Gasteiger partial charge >= 0.3 is 0 Å². The zero-order valence-electron chi connectivity index (χ0n) is 17.2. The Bertz CT molecular complexity index is 413. The van der Waals surface area contributed by atoms with Crippen molar-refractivity contribution in [3.8, 4) is 0 Å². The summed E-state index contributed by atoms with van der Waals surface area (Å²) in [5, 5.41) is 2.96. The van der Waals surface area contributed by atoms with Crippen molar-refractivity contribution in [1.82, 2.24) is 10.2 Å². The molecule has 0 aliphatic rings. The second-order valence-electron chi connectivity index (χ2n) is 8.52. The first-order valence-corrected chi connectivity index (χ1v) is 9.00. The van der Waals surface area contributed by atoms with E-state index in [4.69, 9.17) is 4.74 Å². The fourth-order valence-electron chi connectivity index (χ4n) is 2.50. The minimum atomic E-state index is -0.397. The van der Waals surface area contributed by atoms with Crippen LogP contribution in [0.4, 0.5) is 0 Å². The van der Waals surface area contributed by atoms with Crippen molar-refractivity contribution in [3.05, 3.63) is 0 Å². The summed E-state index contributed by atoms with van der Waals surface area (Å²) in [4.78, 5) is 26.5. The molecule has 0 saturated carbocycles. The molecule has 0 spiro atoms. The highest BCUT2D eigenvalue weighted by Gasteiger charge is 2.31. The van der Waals surface area contributed by atoms with Crippen LogP contribution in [0.1, 0.15) is 61.8 Å². The molecule has 0 aromatic heterocycles. The predicted octanol–water partition coefficient (Wildman–Crippen LogP) is 3.08. The Hall–Kier alpha value is -1.10. The van der Waals surface area contributed by atoms with Gasteiger partial charge in [-0.3, -0.25) is 9.59 Å². The Morgan fingerprint density at radius 1 is 1.12 bits per heavy atom. The van der Waals surface area contributed by atoms with E-state index in [0.29, 0.717) is 26.1 Å². The van der Waals surface area contributed by atoms with Crippen LogP contribution in [0.3, 0.4) is 0 Å². The summed E-state index contributed by atoms with van der Waals surface area (Å²) in [6.45, 7) is 17.8. The van der Waals surface area contributed by atoms with Crippen LogP contribution < -0.4 is 5.32 Å². The van der Waals surface area contributed by atoms with Gasteiger partial charge in [0.2, 0.25) is 11.8 Å². The van der Waals surface area contributed by atoms with Crippen molar-refractivity contribution in [2.45, 2.75) is 67.9 Å². The van der Waals surface area contributed by atoms with Crippen molar-refractivity contribution < 1.29 is 14.3 Å². The zero-order valence-corrected chi connectivity index (χ0v) is 17.2. The molecule has 2 amide bonds. The topological polar surface area (TPSA) is 58.6 Å². The molecule has 0 aliphatic heterocycles. The van der Waals surface area contributed by atoms with Gasteiger partial charge in [-0.05, 0) is 24.2 Å². The molecule has 142 valence electrons. The van der Waals surface area contributed by atoms with E-state index in [9.17, 15) is 9.59 Å². The van der Waals surface area contributed by atoms with E-state index in [1.54, 1.807) is 4.90 Å². The van der Waals surface area contributed by atoms with Crippen LogP contribution in [-0.2, 0) is 14.3 Å². The lowest BCUT2D eigenvalue weighted by Crippen LogP contribution is -2.47. The van der Waals surface area contributed by atoms with E-state index >= 15 is 0 Å². The molecule has 0 rings (SSSR count). The molecule has 2 atom stereocenters. The fourth-order valence-corrected chi connectivity index (χ4v) is 2.50. The molecule has 0 radical (unpaired) electrons. The van der Waals surface area contributed by atoms with Crippen LogP contribution in [0.25, 0.3) is 0 Å². The normalized spacial score (nSPS) is 14.9. The highest BCUT2D eigenvalue weighted by Crippen LogP contribution is 2.27. The molecule has 5 nitrogen and oxygen atoms in total. The van der Waals surface area contributed by atoms with Gasteiger partial charge in [0.15, 0.2) is 0 Å². The number of rotatable bonds is 9. The third-order valence-corrected chi connectivity index (χ3v) is 4.48. The Kier molecular flexibility index (Phi) is 8.97. The Morgan fingerprint density at radius 3 is 2.08 bits per heavy atom. The van der Waals surface area contributed by atoms with Crippen molar-refractivity contribution in [2.24, 2.45) is 16.7 Å². The molecule has 1 N–H and O–H groups in total. The van der Waals surface area contributed by atoms with Gasteiger partial charge in [0.25, 0.3) is 0 Å². The van der Waals surface area contributed by atoms with Crippen LogP contribution in [0, 0.1) is 16.7 Å². The summed E-state index contributed by atoms with van der Waals surface area (Å²) in [5.41, 5.74) is -0.266. The van der Waals surface area contributed by atoms with Crippen molar-refractivity contribution in [2.75, 3.05) is 26.7 Å². The SMILES string of the molecule is CCOC(CC)C(=O)NCC(C)(C)CN(C)C(=O)C(C)C(C)(C)C. The summed E-state index contributed by atoms with van der Waals surface area (Å²) in [7, 11) is 1.84. The molecule has 0 aromatic carbocycles. The molecule has 5 heteroatoms. The van der Waals surface area contributed by atoms with E-state index in [2.05, 4.69) is 39.9 Å². The maximum atomic E-state index is 12.6. The third kappa shape index (κ3) is 7.65.